The van der Waals surface area contributed by atoms with Gasteiger partial charge in [-0.05, 0) is 26.2 Å². The highest BCUT2D eigenvalue weighted by molar-refractivity contribution is 5.74. The molecule has 1 unspecified atom stereocenters. The fourth-order valence-electron chi connectivity index (χ4n) is 1.00. The summed E-state index contributed by atoms with van der Waals surface area (Å²) in [7, 11) is 0. The van der Waals surface area contributed by atoms with Crippen LogP contribution < -0.4 is 5.32 Å². The van der Waals surface area contributed by atoms with Crippen molar-refractivity contribution in [2.45, 2.75) is 47.6 Å². The minimum atomic E-state index is 0.0393. The lowest BCUT2D eigenvalue weighted by Crippen LogP contribution is -2.48. The Bertz CT molecular complexity index is 180. The van der Waals surface area contributed by atoms with E-state index in [2.05, 4.69) is 26.1 Å². The third-order valence-corrected chi connectivity index (χ3v) is 2.69. The third kappa shape index (κ3) is 3.99. The molecule has 0 radical (unpaired) electrons. The number of nitrogens with one attached hydrogen (secondary N) is 1. The number of amides is 2. The van der Waals surface area contributed by atoms with E-state index in [1.54, 1.807) is 4.90 Å². The fourth-order valence-corrected chi connectivity index (χ4v) is 1.00. The molecule has 0 aliphatic rings. The predicted octanol–water partition coefficient (Wildman–Crippen LogP) is 2.47. The van der Waals surface area contributed by atoms with E-state index in [1.165, 1.54) is 0 Å². The molecule has 0 saturated heterocycles. The molecule has 0 rings (SSSR count). The van der Waals surface area contributed by atoms with Crippen molar-refractivity contribution in [1.82, 2.24) is 10.2 Å². The number of hydrogen-bond donors (Lipinski definition) is 1. The Labute approximate surface area is 87.9 Å². The predicted molar refractivity (Wildman–Crippen MR) is 60.4 cm³/mol. The number of carbonyl (C=O) groups excluding carboxylic acids is 1. The molecule has 0 spiro atoms. The van der Waals surface area contributed by atoms with Crippen LogP contribution in [-0.2, 0) is 0 Å². The quantitative estimate of drug-likeness (QED) is 0.745. The Morgan fingerprint density at radius 1 is 1.29 bits per heavy atom. The smallest absolute Gasteiger partial charge is 0.317 e. The first-order valence-electron chi connectivity index (χ1n) is 5.38. The van der Waals surface area contributed by atoms with Crippen molar-refractivity contribution >= 4 is 6.03 Å². The normalized spacial score (nSPS) is 13.6. The van der Waals surface area contributed by atoms with Gasteiger partial charge in [-0.2, -0.15) is 0 Å². The lowest BCUT2D eigenvalue weighted by Gasteiger charge is -2.30. The van der Waals surface area contributed by atoms with Gasteiger partial charge in [0.2, 0.25) is 0 Å². The largest absolute Gasteiger partial charge is 0.335 e. The Kier molecular flexibility index (Phi) is 4.95. The Morgan fingerprint density at radius 2 is 1.71 bits per heavy atom. The zero-order valence-corrected chi connectivity index (χ0v) is 10.3. The van der Waals surface area contributed by atoms with Gasteiger partial charge in [-0.25, -0.2) is 4.79 Å². The molecule has 1 N–H and O–H groups in total. The molecule has 14 heavy (non-hydrogen) atoms. The van der Waals surface area contributed by atoms with Gasteiger partial charge in [0.1, 0.15) is 0 Å². The minimum Gasteiger partial charge on any atom is -0.335 e. The van der Waals surface area contributed by atoms with Crippen molar-refractivity contribution < 1.29 is 4.79 Å². The number of rotatable bonds is 3. The Morgan fingerprint density at radius 3 is 2.00 bits per heavy atom. The van der Waals surface area contributed by atoms with Gasteiger partial charge in [0.25, 0.3) is 0 Å². The summed E-state index contributed by atoms with van der Waals surface area (Å²) >= 11 is 0. The summed E-state index contributed by atoms with van der Waals surface area (Å²) in [6.07, 6.45) is 0. The van der Waals surface area contributed by atoms with Crippen molar-refractivity contribution in [3.05, 3.63) is 0 Å². The van der Waals surface area contributed by atoms with Crippen LogP contribution in [0.5, 0.6) is 0 Å². The average Bonchev–Trinajstić information content (AvgIpc) is 2.04. The maximum absolute atomic E-state index is 11.7. The molecule has 0 heterocycles. The maximum Gasteiger partial charge on any atom is 0.317 e. The molecule has 1 atom stereocenters. The Hall–Kier alpha value is -0.730. The van der Waals surface area contributed by atoms with Crippen LogP contribution in [-0.4, -0.2) is 30.1 Å². The van der Waals surface area contributed by atoms with Gasteiger partial charge in [-0.1, -0.05) is 20.8 Å². The van der Waals surface area contributed by atoms with Crippen molar-refractivity contribution in [3.63, 3.8) is 0 Å². The average molecular weight is 200 g/mol. The summed E-state index contributed by atoms with van der Waals surface area (Å²) in [5, 5.41) is 3.01. The zero-order chi connectivity index (χ0) is 11.4. The first-order chi connectivity index (χ1) is 6.32. The molecule has 0 aromatic rings. The van der Waals surface area contributed by atoms with Crippen LogP contribution >= 0.6 is 0 Å². The topological polar surface area (TPSA) is 32.3 Å². The summed E-state index contributed by atoms with van der Waals surface area (Å²) in [4.78, 5) is 13.5. The molecule has 0 aromatic heterocycles. The number of nitrogens with zero attached hydrogens (tertiary/aromatic N) is 1. The van der Waals surface area contributed by atoms with E-state index < -0.39 is 0 Å². The first-order valence-corrected chi connectivity index (χ1v) is 5.38. The van der Waals surface area contributed by atoms with Crippen LogP contribution in [0.25, 0.3) is 0 Å². The van der Waals surface area contributed by atoms with Gasteiger partial charge in [-0.15, -0.1) is 0 Å². The van der Waals surface area contributed by atoms with E-state index in [0.29, 0.717) is 0 Å². The lowest BCUT2D eigenvalue weighted by molar-refractivity contribution is 0.187. The van der Waals surface area contributed by atoms with Gasteiger partial charge >= 0.3 is 6.03 Å². The summed E-state index contributed by atoms with van der Waals surface area (Å²) in [5.74, 6) is 0. The standard InChI is InChI=1S/C11H24N2O/c1-7-13(8-2)10(14)12-9(3)11(4,5)6/h9H,7-8H2,1-6H3,(H,12,14). The summed E-state index contributed by atoms with van der Waals surface area (Å²) < 4.78 is 0. The van der Waals surface area contributed by atoms with E-state index >= 15 is 0 Å². The number of hydrogen-bond acceptors (Lipinski definition) is 1. The molecule has 3 heteroatoms. The van der Waals surface area contributed by atoms with Crippen LogP contribution in [0.2, 0.25) is 0 Å². The molecule has 0 saturated carbocycles. The van der Waals surface area contributed by atoms with Crippen LogP contribution in [0.1, 0.15) is 41.5 Å². The molecular weight excluding hydrogens is 176 g/mol. The second kappa shape index (κ2) is 5.23. The van der Waals surface area contributed by atoms with Crippen molar-refractivity contribution in [3.8, 4) is 0 Å². The summed E-state index contributed by atoms with van der Waals surface area (Å²) in [5.41, 5.74) is 0.114. The SMILES string of the molecule is CCN(CC)C(=O)NC(C)C(C)(C)C. The second-order valence-electron chi connectivity index (χ2n) is 4.71. The molecule has 0 fully saturated rings. The van der Waals surface area contributed by atoms with Crippen molar-refractivity contribution in [2.75, 3.05) is 13.1 Å². The van der Waals surface area contributed by atoms with Crippen molar-refractivity contribution in [2.24, 2.45) is 5.41 Å². The van der Waals surface area contributed by atoms with E-state index in [0.717, 1.165) is 13.1 Å². The molecule has 0 bridgehead atoms. The van der Waals surface area contributed by atoms with Gasteiger partial charge in [0, 0.05) is 19.1 Å². The molecule has 0 aliphatic carbocycles. The second-order valence-corrected chi connectivity index (χ2v) is 4.71. The third-order valence-electron chi connectivity index (χ3n) is 2.69. The Balaban J connectivity index is 4.18. The lowest BCUT2D eigenvalue weighted by atomic mass is 9.88. The van der Waals surface area contributed by atoms with Crippen molar-refractivity contribution in [1.29, 1.82) is 0 Å². The molecule has 0 aliphatic heterocycles. The molecule has 2 amide bonds. The fraction of sp³-hybridized carbons (Fsp3) is 0.909. The van der Waals surface area contributed by atoms with E-state index in [9.17, 15) is 4.79 Å². The van der Waals surface area contributed by atoms with E-state index in [4.69, 9.17) is 0 Å². The molecule has 84 valence electrons. The molecular formula is C11H24N2O. The number of urea groups is 1. The van der Waals surface area contributed by atoms with Crippen LogP contribution in [0.3, 0.4) is 0 Å². The van der Waals surface area contributed by atoms with E-state index in [-0.39, 0.29) is 17.5 Å². The van der Waals surface area contributed by atoms with Gasteiger partial charge in [0.05, 0.1) is 0 Å². The monoisotopic (exact) mass is 200 g/mol. The van der Waals surface area contributed by atoms with Gasteiger partial charge in [-0.3, -0.25) is 0 Å². The summed E-state index contributed by atoms with van der Waals surface area (Å²) in [6, 6.07) is 0.230. The highest BCUT2D eigenvalue weighted by atomic mass is 16.2. The first kappa shape index (κ1) is 13.3. The minimum absolute atomic E-state index is 0.0393. The number of carbonyl (C=O) groups is 1. The van der Waals surface area contributed by atoms with E-state index in [1.807, 2.05) is 20.8 Å². The highest BCUT2D eigenvalue weighted by Gasteiger charge is 2.22. The maximum atomic E-state index is 11.7. The molecule has 0 aromatic carbocycles. The highest BCUT2D eigenvalue weighted by Crippen LogP contribution is 2.18. The van der Waals surface area contributed by atoms with Gasteiger partial charge < -0.3 is 10.2 Å². The molecule has 3 nitrogen and oxygen atoms in total. The summed E-state index contributed by atoms with van der Waals surface area (Å²) in [6.45, 7) is 13.9. The zero-order valence-electron chi connectivity index (χ0n) is 10.3. The van der Waals surface area contributed by atoms with Crippen LogP contribution in [0.15, 0.2) is 0 Å². The van der Waals surface area contributed by atoms with Crippen LogP contribution in [0, 0.1) is 5.41 Å². The van der Waals surface area contributed by atoms with Crippen LogP contribution in [0.4, 0.5) is 4.79 Å². The van der Waals surface area contributed by atoms with Gasteiger partial charge in [0.15, 0.2) is 0 Å².